The number of alkyl halides is 4. The van der Waals surface area contributed by atoms with Crippen molar-refractivity contribution in [1.82, 2.24) is 0 Å². The summed E-state index contributed by atoms with van der Waals surface area (Å²) in [6.07, 6.45) is 0.256. The molecule has 2 atom stereocenters. The molecule has 10 heteroatoms. The van der Waals surface area contributed by atoms with Crippen LogP contribution in [0.25, 0.3) is 11.1 Å². The topological polar surface area (TPSA) is 18.5 Å². The Morgan fingerprint density at radius 3 is 2.16 bits per heavy atom. The Balaban J connectivity index is 1.77. The quantitative estimate of drug-likeness (QED) is 0.322. The van der Waals surface area contributed by atoms with E-state index >= 15 is 13.2 Å². The molecule has 206 valence electrons. The third-order valence-electron chi connectivity index (χ3n) is 7.28. The normalized spacial score (nSPS) is 26.2. The molecule has 2 nitrogen and oxygen atoms in total. The lowest BCUT2D eigenvalue weighted by atomic mass is 9.74. The van der Waals surface area contributed by atoms with Gasteiger partial charge in [-0.25, -0.2) is 26.3 Å². The minimum Gasteiger partial charge on any atom is -0.453 e. The Morgan fingerprint density at radius 1 is 0.974 bits per heavy atom. The van der Waals surface area contributed by atoms with Gasteiger partial charge in [-0.1, -0.05) is 31.5 Å². The molecule has 0 unspecified atom stereocenters. The van der Waals surface area contributed by atoms with Crippen LogP contribution in [0, 0.1) is 23.5 Å². The molecular weight excluding hydrogens is 520 g/mol. The van der Waals surface area contributed by atoms with Crippen molar-refractivity contribution in [2.75, 3.05) is 0 Å². The van der Waals surface area contributed by atoms with E-state index in [1.165, 1.54) is 24.3 Å². The number of benzene rings is 2. The van der Waals surface area contributed by atoms with Crippen LogP contribution in [0.2, 0.25) is 0 Å². The lowest BCUT2D eigenvalue weighted by Crippen LogP contribution is -2.39. The molecule has 4 rings (SSSR count). The third kappa shape index (κ3) is 5.27. The highest BCUT2D eigenvalue weighted by Crippen LogP contribution is 2.50. The van der Waals surface area contributed by atoms with Crippen LogP contribution in [0.4, 0.5) is 35.1 Å². The second-order valence-electron chi connectivity index (χ2n) is 9.71. The van der Waals surface area contributed by atoms with E-state index in [0.717, 1.165) is 6.42 Å². The molecule has 2 aromatic rings. The van der Waals surface area contributed by atoms with E-state index in [0.29, 0.717) is 50.7 Å². The zero-order chi connectivity index (χ0) is 27.8. The maximum Gasteiger partial charge on any atom is 0.387 e. The van der Waals surface area contributed by atoms with Gasteiger partial charge in [0, 0.05) is 11.1 Å². The van der Waals surface area contributed by atoms with Crippen molar-refractivity contribution in [2.24, 2.45) is 11.8 Å². The molecule has 2 aromatic carbocycles. The number of ether oxygens (including phenoxy) is 2. The molecule has 0 heterocycles. The van der Waals surface area contributed by atoms with E-state index in [2.05, 4.69) is 4.74 Å². The fourth-order valence-corrected chi connectivity index (χ4v) is 5.10. The van der Waals surface area contributed by atoms with Gasteiger partial charge >= 0.3 is 6.61 Å². The van der Waals surface area contributed by atoms with Gasteiger partial charge < -0.3 is 9.47 Å². The summed E-state index contributed by atoms with van der Waals surface area (Å²) in [4.78, 5) is 0. The molecule has 1 fully saturated rings. The van der Waals surface area contributed by atoms with Crippen LogP contribution in [0.1, 0.15) is 46.0 Å². The van der Waals surface area contributed by atoms with E-state index in [1.54, 1.807) is 0 Å². The summed E-state index contributed by atoms with van der Waals surface area (Å²) < 4.78 is 124. The van der Waals surface area contributed by atoms with Gasteiger partial charge in [0.2, 0.25) is 0 Å². The molecule has 2 aliphatic rings. The first-order valence-corrected chi connectivity index (χ1v) is 12.3. The Hall–Kier alpha value is -3.04. The van der Waals surface area contributed by atoms with Gasteiger partial charge in [-0.15, -0.1) is 0 Å². The highest BCUT2D eigenvalue weighted by Gasteiger charge is 2.52. The third-order valence-corrected chi connectivity index (χ3v) is 7.28. The summed E-state index contributed by atoms with van der Waals surface area (Å²) in [5.41, 5.74) is -3.97. The summed E-state index contributed by atoms with van der Waals surface area (Å²) in [6, 6.07) is 6.89. The molecule has 0 aromatic heterocycles. The molecule has 1 saturated carbocycles. The summed E-state index contributed by atoms with van der Waals surface area (Å²) in [6.45, 7) is -0.886. The second-order valence-corrected chi connectivity index (χ2v) is 9.71. The average molecular weight is 546 g/mol. The van der Waals surface area contributed by atoms with Crippen molar-refractivity contribution in [3.05, 3.63) is 71.0 Å². The van der Waals surface area contributed by atoms with Crippen LogP contribution >= 0.6 is 0 Å². The first-order valence-electron chi connectivity index (χ1n) is 12.3. The first-order chi connectivity index (χ1) is 17.9. The van der Waals surface area contributed by atoms with Crippen molar-refractivity contribution in [3.63, 3.8) is 0 Å². The van der Waals surface area contributed by atoms with Gasteiger partial charge in [0.1, 0.15) is 11.6 Å². The molecule has 38 heavy (non-hydrogen) atoms. The summed E-state index contributed by atoms with van der Waals surface area (Å²) in [7, 11) is 0. The molecule has 0 aliphatic heterocycles. The number of para-hydroxylation sites is 1. The average Bonchev–Trinajstić information content (AvgIpc) is 2.89. The first kappa shape index (κ1) is 28.0. The SMILES string of the molecule is CCC1CCC(C2=C(F)[C@H](F)[C@](C)(F)C(F)=C2Oc2ccccc2-c2cc(F)c(OC(F)F)c(F)c2)CC1. The molecule has 2 aliphatic carbocycles. The van der Waals surface area contributed by atoms with Crippen LogP contribution in [0.15, 0.2) is 59.4 Å². The molecule has 0 amide bonds. The number of hydrogen-bond donors (Lipinski definition) is 0. The van der Waals surface area contributed by atoms with E-state index in [1.807, 2.05) is 6.92 Å². The van der Waals surface area contributed by atoms with Crippen molar-refractivity contribution < 1.29 is 44.6 Å². The van der Waals surface area contributed by atoms with Crippen molar-refractivity contribution in [3.8, 4) is 22.6 Å². The van der Waals surface area contributed by atoms with Gasteiger partial charge in [0.05, 0.1) is 0 Å². The van der Waals surface area contributed by atoms with Crippen LogP contribution in [-0.4, -0.2) is 18.5 Å². The van der Waals surface area contributed by atoms with Crippen LogP contribution in [-0.2, 0) is 0 Å². The molecular formula is C28H26F8O2. The number of hydrogen-bond acceptors (Lipinski definition) is 2. The van der Waals surface area contributed by atoms with Crippen LogP contribution < -0.4 is 9.47 Å². The zero-order valence-electron chi connectivity index (χ0n) is 20.6. The Kier molecular flexibility index (Phi) is 8.09. The molecule has 0 N–H and O–H groups in total. The molecule has 0 spiro atoms. The predicted molar refractivity (Wildman–Crippen MR) is 125 cm³/mol. The standard InChI is InChI=1S/C28H26F8O2/c1-3-14-8-10-15(11-9-14)21-22(31)25(32)28(2,36)26(33)24(21)37-20-7-5-4-6-17(20)16-12-18(29)23(19(30)13-16)38-27(34)35/h4-7,12-15,25,27H,3,8-11H2,1-2H3/t14?,15?,25-,28-/m0/s1. The fraction of sp³-hybridized carbons (Fsp3) is 0.429. The molecule has 0 saturated heterocycles. The van der Waals surface area contributed by atoms with E-state index in [9.17, 15) is 22.0 Å². The monoisotopic (exact) mass is 546 g/mol. The maximum atomic E-state index is 15.5. The highest BCUT2D eigenvalue weighted by molar-refractivity contribution is 5.71. The van der Waals surface area contributed by atoms with Crippen molar-refractivity contribution in [1.29, 1.82) is 0 Å². The van der Waals surface area contributed by atoms with E-state index in [4.69, 9.17) is 4.74 Å². The summed E-state index contributed by atoms with van der Waals surface area (Å²) in [5, 5.41) is 0. The van der Waals surface area contributed by atoms with E-state index < -0.39 is 64.7 Å². The van der Waals surface area contributed by atoms with Gasteiger partial charge in [0.15, 0.2) is 40.8 Å². The number of halogens is 8. The van der Waals surface area contributed by atoms with Gasteiger partial charge in [-0.2, -0.15) is 8.78 Å². The largest absolute Gasteiger partial charge is 0.453 e. The van der Waals surface area contributed by atoms with Gasteiger partial charge in [-0.05, 0) is 68.2 Å². The molecule has 0 radical (unpaired) electrons. The van der Waals surface area contributed by atoms with E-state index in [-0.39, 0.29) is 16.9 Å². The smallest absolute Gasteiger partial charge is 0.387 e. The Morgan fingerprint density at radius 2 is 1.58 bits per heavy atom. The Labute approximate surface area is 214 Å². The second kappa shape index (κ2) is 11.0. The van der Waals surface area contributed by atoms with Gasteiger partial charge in [-0.3, -0.25) is 0 Å². The highest BCUT2D eigenvalue weighted by atomic mass is 19.3. The number of rotatable bonds is 7. The minimum absolute atomic E-state index is 0.0356. The predicted octanol–water partition coefficient (Wildman–Crippen LogP) is 9.31. The Bertz CT molecular complexity index is 1220. The number of allylic oxidation sites excluding steroid dienone is 3. The minimum atomic E-state index is -3.47. The van der Waals surface area contributed by atoms with Crippen LogP contribution in [0.5, 0.6) is 11.5 Å². The van der Waals surface area contributed by atoms with Crippen molar-refractivity contribution >= 4 is 0 Å². The zero-order valence-corrected chi connectivity index (χ0v) is 20.6. The summed E-state index contributed by atoms with van der Waals surface area (Å²) >= 11 is 0. The fourth-order valence-electron chi connectivity index (χ4n) is 5.10. The van der Waals surface area contributed by atoms with Gasteiger partial charge in [0.25, 0.3) is 0 Å². The maximum absolute atomic E-state index is 15.5. The van der Waals surface area contributed by atoms with Crippen molar-refractivity contribution in [2.45, 2.75) is 64.4 Å². The lowest BCUT2D eigenvalue weighted by molar-refractivity contribution is -0.0546. The van der Waals surface area contributed by atoms with Crippen LogP contribution in [0.3, 0.4) is 0 Å². The molecule has 0 bridgehead atoms. The summed E-state index contributed by atoms with van der Waals surface area (Å²) in [5.74, 6) is -8.54. The lowest BCUT2D eigenvalue weighted by Gasteiger charge is -2.36.